The Kier molecular flexibility index (Phi) is 6.68. The molecule has 7 nitrogen and oxygen atoms in total. The number of ketones is 1. The van der Waals surface area contributed by atoms with Crippen molar-refractivity contribution in [3.05, 3.63) is 76.1 Å². The lowest BCUT2D eigenvalue weighted by Crippen LogP contribution is -2.26. The van der Waals surface area contributed by atoms with E-state index < -0.39 is 0 Å². The third kappa shape index (κ3) is 4.59. The van der Waals surface area contributed by atoms with E-state index in [0.717, 1.165) is 33.5 Å². The molecule has 0 unspecified atom stereocenters. The Morgan fingerprint density at radius 3 is 2.38 bits per heavy atom. The summed E-state index contributed by atoms with van der Waals surface area (Å²) in [5, 5.41) is 0.905. The number of hydrogen-bond donors (Lipinski definition) is 0. The summed E-state index contributed by atoms with van der Waals surface area (Å²) in [6, 6.07) is 14.7. The van der Waals surface area contributed by atoms with E-state index in [2.05, 4.69) is 0 Å². The van der Waals surface area contributed by atoms with Crippen molar-refractivity contribution >= 4 is 22.8 Å². The first-order valence-electron chi connectivity index (χ1n) is 10.4. The molecule has 0 spiro atoms. The van der Waals surface area contributed by atoms with Gasteiger partial charge >= 0.3 is 0 Å². The van der Waals surface area contributed by atoms with Crippen molar-refractivity contribution in [3.63, 3.8) is 0 Å². The second kappa shape index (κ2) is 9.80. The summed E-state index contributed by atoms with van der Waals surface area (Å²) >= 11 is 0. The minimum atomic E-state index is -0.352. The Morgan fingerprint density at radius 2 is 1.62 bits per heavy atom. The van der Waals surface area contributed by atoms with Crippen molar-refractivity contribution in [3.8, 4) is 11.5 Å². The Labute approximate surface area is 185 Å². The average Bonchev–Trinajstić information content (AvgIpc) is 3.33. The number of benzene rings is 2. The van der Waals surface area contributed by atoms with E-state index in [0.29, 0.717) is 26.2 Å². The third-order valence-electron chi connectivity index (χ3n) is 5.41. The van der Waals surface area contributed by atoms with Crippen LogP contribution in [0.3, 0.4) is 0 Å². The minimum absolute atomic E-state index is 0.0696. The first-order chi connectivity index (χ1) is 15.6. The summed E-state index contributed by atoms with van der Waals surface area (Å²) in [4.78, 5) is 23.1. The van der Waals surface area contributed by atoms with Gasteiger partial charge in [-0.05, 0) is 42.0 Å². The van der Waals surface area contributed by atoms with Gasteiger partial charge in [-0.15, -0.1) is 0 Å². The van der Waals surface area contributed by atoms with Crippen molar-refractivity contribution in [1.82, 2.24) is 4.57 Å². The SMILES string of the molecule is COc1cccc2c1C=CC(=O)C2.COc1cccc2c1ccc(=O)n2CC1OCCO1. The highest BCUT2D eigenvalue weighted by Crippen LogP contribution is 2.27. The van der Waals surface area contributed by atoms with Crippen molar-refractivity contribution in [2.24, 2.45) is 0 Å². The van der Waals surface area contributed by atoms with Gasteiger partial charge in [-0.3, -0.25) is 9.59 Å². The fourth-order valence-electron chi connectivity index (χ4n) is 3.86. The van der Waals surface area contributed by atoms with Gasteiger partial charge in [0.1, 0.15) is 11.5 Å². The predicted molar refractivity (Wildman–Crippen MR) is 121 cm³/mol. The molecular weight excluding hydrogens is 410 g/mol. The van der Waals surface area contributed by atoms with Crippen molar-refractivity contribution < 1.29 is 23.7 Å². The van der Waals surface area contributed by atoms with E-state index in [4.69, 9.17) is 18.9 Å². The molecule has 166 valence electrons. The first-order valence-corrected chi connectivity index (χ1v) is 10.4. The zero-order valence-electron chi connectivity index (χ0n) is 18.1. The molecule has 1 aliphatic carbocycles. The number of carbonyl (C=O) groups is 1. The van der Waals surface area contributed by atoms with E-state index in [1.807, 2.05) is 42.5 Å². The van der Waals surface area contributed by atoms with E-state index in [-0.39, 0.29) is 17.6 Å². The summed E-state index contributed by atoms with van der Waals surface area (Å²) in [5.41, 5.74) is 2.84. The van der Waals surface area contributed by atoms with Crippen LogP contribution in [-0.4, -0.2) is 44.1 Å². The van der Waals surface area contributed by atoms with Gasteiger partial charge in [0.25, 0.3) is 5.56 Å². The molecule has 1 saturated heterocycles. The lowest BCUT2D eigenvalue weighted by molar-refractivity contribution is -0.114. The van der Waals surface area contributed by atoms with Crippen LogP contribution in [0.1, 0.15) is 11.1 Å². The molecule has 0 saturated carbocycles. The maximum absolute atomic E-state index is 12.0. The number of aromatic nitrogens is 1. The molecule has 0 radical (unpaired) electrons. The molecule has 32 heavy (non-hydrogen) atoms. The van der Waals surface area contributed by atoms with E-state index in [9.17, 15) is 9.59 Å². The second-order valence-electron chi connectivity index (χ2n) is 7.36. The second-order valence-corrected chi connectivity index (χ2v) is 7.36. The maximum Gasteiger partial charge on any atom is 0.251 e. The van der Waals surface area contributed by atoms with E-state index in [1.54, 1.807) is 37.0 Å². The van der Waals surface area contributed by atoms with Crippen molar-refractivity contribution in [1.29, 1.82) is 0 Å². The topological polar surface area (TPSA) is 76.0 Å². The third-order valence-corrected chi connectivity index (χ3v) is 5.41. The molecule has 0 bridgehead atoms. The fourth-order valence-corrected chi connectivity index (χ4v) is 3.86. The number of fused-ring (bicyclic) bond motifs is 2. The van der Waals surface area contributed by atoms with Gasteiger partial charge in [0.2, 0.25) is 0 Å². The summed E-state index contributed by atoms with van der Waals surface area (Å²) in [7, 11) is 3.26. The number of ether oxygens (including phenoxy) is 4. The van der Waals surface area contributed by atoms with Crippen LogP contribution in [0.15, 0.2) is 59.4 Å². The average molecular weight is 435 g/mol. The molecule has 2 aromatic carbocycles. The highest BCUT2D eigenvalue weighted by atomic mass is 16.7. The van der Waals surface area contributed by atoms with Gasteiger partial charge in [-0.2, -0.15) is 0 Å². The number of rotatable bonds is 4. The summed E-state index contributed by atoms with van der Waals surface area (Å²) in [6.45, 7) is 1.55. The minimum Gasteiger partial charge on any atom is -0.496 e. The highest BCUT2D eigenvalue weighted by Gasteiger charge is 2.18. The zero-order valence-corrected chi connectivity index (χ0v) is 18.1. The van der Waals surface area contributed by atoms with Crippen LogP contribution in [0, 0.1) is 0 Å². The highest BCUT2D eigenvalue weighted by molar-refractivity contribution is 5.99. The quantitative estimate of drug-likeness (QED) is 0.626. The number of hydrogen-bond acceptors (Lipinski definition) is 6. The maximum atomic E-state index is 12.0. The molecule has 0 atom stereocenters. The Hall–Kier alpha value is -3.42. The van der Waals surface area contributed by atoms with Gasteiger partial charge in [-0.1, -0.05) is 18.2 Å². The molecule has 7 heteroatoms. The van der Waals surface area contributed by atoms with E-state index in [1.165, 1.54) is 0 Å². The molecular formula is C25H25NO6. The number of pyridine rings is 1. The van der Waals surface area contributed by atoms with Gasteiger partial charge < -0.3 is 23.5 Å². The molecule has 1 fully saturated rings. The van der Waals surface area contributed by atoms with Gasteiger partial charge in [0.05, 0.1) is 39.5 Å². The Balaban J connectivity index is 0.000000165. The van der Waals surface area contributed by atoms with Crippen LogP contribution in [-0.2, 0) is 27.2 Å². The largest absolute Gasteiger partial charge is 0.496 e. The number of carbonyl (C=O) groups excluding carboxylic acids is 1. The van der Waals surface area contributed by atoms with Gasteiger partial charge in [0, 0.05) is 23.4 Å². The normalized spacial score (nSPS) is 15.2. The molecule has 2 aliphatic rings. The van der Waals surface area contributed by atoms with Crippen molar-refractivity contribution in [2.45, 2.75) is 19.3 Å². The van der Waals surface area contributed by atoms with E-state index >= 15 is 0 Å². The molecule has 1 aliphatic heterocycles. The molecule has 0 amide bonds. The number of methoxy groups -OCH3 is 2. The molecule has 0 N–H and O–H groups in total. The molecule has 3 aromatic rings. The van der Waals surface area contributed by atoms with Crippen LogP contribution in [0.25, 0.3) is 17.0 Å². The first kappa shape index (κ1) is 21.8. The molecule has 1 aromatic heterocycles. The molecule has 5 rings (SSSR count). The van der Waals surface area contributed by atoms with Crippen LogP contribution in [0.4, 0.5) is 0 Å². The standard InChI is InChI=1S/C14H15NO4.C11H10O2/c1-17-12-4-2-3-11-10(12)5-6-13(16)15(11)9-14-18-7-8-19-14;1-13-11-4-2-3-8-7-9(12)5-6-10(8)11/h2-6,14H,7-9H2,1H3;2-6H,7H2,1H3. The number of nitrogens with zero attached hydrogens (tertiary/aromatic N) is 1. The van der Waals surface area contributed by atoms with Crippen molar-refractivity contribution in [2.75, 3.05) is 27.4 Å². The van der Waals surface area contributed by atoms with Crippen LogP contribution >= 0.6 is 0 Å². The lowest BCUT2D eigenvalue weighted by Gasteiger charge is -2.15. The number of allylic oxidation sites excluding steroid dienone is 1. The fraction of sp³-hybridized carbons (Fsp3) is 0.280. The van der Waals surface area contributed by atoms with Crippen LogP contribution in [0.2, 0.25) is 0 Å². The summed E-state index contributed by atoms with van der Waals surface area (Å²) < 4.78 is 23.0. The summed E-state index contributed by atoms with van der Waals surface area (Å²) in [5.74, 6) is 1.74. The van der Waals surface area contributed by atoms with Crippen LogP contribution < -0.4 is 15.0 Å². The van der Waals surface area contributed by atoms with Crippen LogP contribution in [0.5, 0.6) is 11.5 Å². The Bertz CT molecular complexity index is 1210. The lowest BCUT2D eigenvalue weighted by atomic mass is 9.96. The Morgan fingerprint density at radius 1 is 0.906 bits per heavy atom. The van der Waals surface area contributed by atoms with Gasteiger partial charge in [0.15, 0.2) is 12.1 Å². The smallest absolute Gasteiger partial charge is 0.251 e. The monoisotopic (exact) mass is 435 g/mol. The predicted octanol–water partition coefficient (Wildman–Crippen LogP) is 3.22. The zero-order chi connectivity index (χ0) is 22.5. The van der Waals surface area contributed by atoms with Gasteiger partial charge in [-0.25, -0.2) is 0 Å². The molecule has 2 heterocycles. The summed E-state index contributed by atoms with van der Waals surface area (Å²) in [6.07, 6.45) is 3.56.